The topological polar surface area (TPSA) is 64.9 Å². The number of rotatable bonds is 2. The zero-order chi connectivity index (χ0) is 13.0. The number of halogens is 1. The van der Waals surface area contributed by atoms with Crippen molar-refractivity contribution in [3.05, 3.63) is 34.6 Å². The van der Waals surface area contributed by atoms with Crippen LogP contribution < -0.4 is 5.73 Å². The van der Waals surface area contributed by atoms with E-state index in [0.717, 1.165) is 22.3 Å². The van der Waals surface area contributed by atoms with Crippen LogP contribution in [0, 0.1) is 11.8 Å². The molecule has 0 bridgehead atoms. The van der Waals surface area contributed by atoms with Gasteiger partial charge in [0.15, 0.2) is 0 Å². The average Bonchev–Trinajstić information content (AvgIpc) is 2.93. The van der Waals surface area contributed by atoms with Gasteiger partial charge in [-0.1, -0.05) is 33.2 Å². The van der Waals surface area contributed by atoms with Crippen LogP contribution in [-0.4, -0.2) is 16.2 Å². The summed E-state index contributed by atoms with van der Waals surface area (Å²) in [6.07, 6.45) is 2.20. The zero-order valence-corrected chi connectivity index (χ0v) is 11.9. The zero-order valence-electron chi connectivity index (χ0n) is 10.3. The molecule has 1 aromatic heterocycles. The SMILES string of the molecule is N[C@@H]1C[C@H](c2nc(-c3ccccc3Br)no2)[C@H]2C[C@H]21. The minimum Gasteiger partial charge on any atom is -0.339 e. The van der Waals surface area contributed by atoms with E-state index in [-0.39, 0.29) is 0 Å². The van der Waals surface area contributed by atoms with Crippen molar-refractivity contribution < 1.29 is 4.52 Å². The second kappa shape index (κ2) is 4.15. The van der Waals surface area contributed by atoms with Crippen LogP contribution in [0.3, 0.4) is 0 Å². The molecular formula is C14H14BrN3O. The van der Waals surface area contributed by atoms with E-state index in [1.54, 1.807) is 0 Å². The molecule has 2 aliphatic rings. The molecule has 19 heavy (non-hydrogen) atoms. The number of hydrogen-bond donors (Lipinski definition) is 1. The van der Waals surface area contributed by atoms with Gasteiger partial charge in [-0.05, 0) is 36.8 Å². The second-order valence-electron chi connectivity index (χ2n) is 5.51. The lowest BCUT2D eigenvalue weighted by molar-refractivity contribution is 0.341. The fourth-order valence-corrected chi connectivity index (χ4v) is 3.72. The van der Waals surface area contributed by atoms with E-state index in [2.05, 4.69) is 26.1 Å². The molecule has 98 valence electrons. The van der Waals surface area contributed by atoms with Gasteiger partial charge >= 0.3 is 0 Å². The highest BCUT2D eigenvalue weighted by Crippen LogP contribution is 2.58. The van der Waals surface area contributed by atoms with E-state index in [1.165, 1.54) is 6.42 Å². The van der Waals surface area contributed by atoms with Gasteiger partial charge in [-0.15, -0.1) is 0 Å². The van der Waals surface area contributed by atoms with Gasteiger partial charge in [0.1, 0.15) is 0 Å². The van der Waals surface area contributed by atoms with Gasteiger partial charge in [-0.25, -0.2) is 0 Å². The summed E-state index contributed by atoms with van der Waals surface area (Å²) >= 11 is 3.51. The molecule has 2 aromatic rings. The van der Waals surface area contributed by atoms with Crippen LogP contribution in [0.1, 0.15) is 24.7 Å². The van der Waals surface area contributed by atoms with E-state index >= 15 is 0 Å². The monoisotopic (exact) mass is 319 g/mol. The summed E-state index contributed by atoms with van der Waals surface area (Å²) in [6.45, 7) is 0. The van der Waals surface area contributed by atoms with Crippen molar-refractivity contribution in [1.82, 2.24) is 10.1 Å². The molecule has 0 saturated heterocycles. The van der Waals surface area contributed by atoms with Gasteiger partial charge in [-0.2, -0.15) is 4.98 Å². The predicted octanol–water partition coefficient (Wildman–Crippen LogP) is 2.95. The summed E-state index contributed by atoms with van der Waals surface area (Å²) in [5.41, 5.74) is 7.06. The van der Waals surface area contributed by atoms with Gasteiger partial charge in [-0.3, -0.25) is 0 Å². The molecule has 0 radical (unpaired) electrons. The molecule has 0 unspecified atom stereocenters. The third-order valence-corrected chi connectivity index (χ3v) is 5.05. The van der Waals surface area contributed by atoms with Crippen molar-refractivity contribution in [2.45, 2.75) is 24.8 Å². The van der Waals surface area contributed by atoms with Crippen molar-refractivity contribution in [2.75, 3.05) is 0 Å². The Labute approximate surface area is 119 Å². The van der Waals surface area contributed by atoms with Gasteiger partial charge in [0.05, 0.1) is 0 Å². The van der Waals surface area contributed by atoms with E-state index in [0.29, 0.717) is 29.6 Å². The molecule has 2 N–H and O–H groups in total. The molecule has 0 aliphatic heterocycles. The largest absolute Gasteiger partial charge is 0.339 e. The van der Waals surface area contributed by atoms with E-state index in [9.17, 15) is 0 Å². The van der Waals surface area contributed by atoms with Crippen LogP contribution in [0.5, 0.6) is 0 Å². The molecular weight excluding hydrogens is 306 g/mol. The third kappa shape index (κ3) is 1.83. The summed E-state index contributed by atoms with van der Waals surface area (Å²) < 4.78 is 6.45. The smallest absolute Gasteiger partial charge is 0.230 e. The van der Waals surface area contributed by atoms with Crippen molar-refractivity contribution in [2.24, 2.45) is 17.6 Å². The molecule has 4 atom stereocenters. The molecule has 4 nitrogen and oxygen atoms in total. The van der Waals surface area contributed by atoms with E-state index in [1.807, 2.05) is 24.3 Å². The first kappa shape index (κ1) is 11.6. The second-order valence-corrected chi connectivity index (χ2v) is 6.36. The molecule has 4 rings (SSSR count). The predicted molar refractivity (Wildman–Crippen MR) is 74.4 cm³/mol. The number of hydrogen-bond acceptors (Lipinski definition) is 4. The fourth-order valence-electron chi connectivity index (χ4n) is 3.26. The standard InChI is InChI=1S/C14H14BrN3O/c15-11-4-2-1-3-7(11)13-17-14(19-18-13)10-6-12(16)9-5-8(9)10/h1-4,8-10,12H,5-6,16H2/t8-,9+,10-,12+/m0/s1. The number of nitrogens with two attached hydrogens (primary N) is 1. The Balaban J connectivity index is 1.66. The van der Waals surface area contributed by atoms with Crippen LogP contribution in [-0.2, 0) is 0 Å². The lowest BCUT2D eigenvalue weighted by atomic mass is 10.0. The summed E-state index contributed by atoms with van der Waals surface area (Å²) in [5.74, 6) is 3.13. The molecule has 2 saturated carbocycles. The summed E-state index contributed by atoms with van der Waals surface area (Å²) in [4.78, 5) is 4.57. The number of aromatic nitrogens is 2. The normalized spacial score (nSPS) is 32.3. The molecule has 1 heterocycles. The fraction of sp³-hybridized carbons (Fsp3) is 0.429. The van der Waals surface area contributed by atoms with Crippen molar-refractivity contribution in [3.8, 4) is 11.4 Å². The Kier molecular flexibility index (Phi) is 2.53. The summed E-state index contributed by atoms with van der Waals surface area (Å²) in [7, 11) is 0. The Bertz CT molecular complexity index is 627. The molecule has 5 heteroatoms. The summed E-state index contributed by atoms with van der Waals surface area (Å²) in [5, 5.41) is 4.11. The van der Waals surface area contributed by atoms with Gasteiger partial charge < -0.3 is 10.3 Å². The van der Waals surface area contributed by atoms with Crippen molar-refractivity contribution in [1.29, 1.82) is 0 Å². The maximum absolute atomic E-state index is 6.09. The highest BCUT2D eigenvalue weighted by molar-refractivity contribution is 9.10. The lowest BCUT2D eigenvalue weighted by Gasteiger charge is -2.07. The van der Waals surface area contributed by atoms with Crippen molar-refractivity contribution in [3.63, 3.8) is 0 Å². The van der Waals surface area contributed by atoms with Crippen LogP contribution in [0.15, 0.2) is 33.3 Å². The minimum atomic E-state index is 0.314. The third-order valence-electron chi connectivity index (χ3n) is 4.36. The van der Waals surface area contributed by atoms with Crippen LogP contribution in [0.2, 0.25) is 0 Å². The molecule has 2 fully saturated rings. The highest BCUT2D eigenvalue weighted by atomic mass is 79.9. The number of benzene rings is 1. The Hall–Kier alpha value is -1.20. The minimum absolute atomic E-state index is 0.314. The maximum atomic E-state index is 6.09. The van der Waals surface area contributed by atoms with Gasteiger partial charge in [0.25, 0.3) is 0 Å². The molecule has 0 amide bonds. The van der Waals surface area contributed by atoms with Gasteiger partial charge in [0.2, 0.25) is 11.7 Å². The highest BCUT2D eigenvalue weighted by Gasteiger charge is 2.55. The number of nitrogens with zero attached hydrogens (tertiary/aromatic N) is 2. The lowest BCUT2D eigenvalue weighted by Crippen LogP contribution is -2.19. The van der Waals surface area contributed by atoms with Crippen LogP contribution in [0.4, 0.5) is 0 Å². The van der Waals surface area contributed by atoms with Crippen LogP contribution in [0.25, 0.3) is 11.4 Å². The first-order valence-electron chi connectivity index (χ1n) is 6.58. The Morgan fingerprint density at radius 2 is 2.05 bits per heavy atom. The first-order chi connectivity index (χ1) is 9.24. The molecule has 0 spiro atoms. The average molecular weight is 320 g/mol. The maximum Gasteiger partial charge on any atom is 0.230 e. The van der Waals surface area contributed by atoms with Crippen molar-refractivity contribution >= 4 is 15.9 Å². The first-order valence-corrected chi connectivity index (χ1v) is 7.37. The Morgan fingerprint density at radius 1 is 1.21 bits per heavy atom. The van der Waals surface area contributed by atoms with Crippen LogP contribution >= 0.6 is 15.9 Å². The van der Waals surface area contributed by atoms with E-state index < -0.39 is 0 Å². The Morgan fingerprint density at radius 3 is 2.74 bits per heavy atom. The van der Waals surface area contributed by atoms with E-state index in [4.69, 9.17) is 10.3 Å². The quantitative estimate of drug-likeness (QED) is 0.924. The summed E-state index contributed by atoms with van der Waals surface area (Å²) in [6, 6.07) is 8.22. The van der Waals surface area contributed by atoms with Gasteiger partial charge in [0, 0.05) is 22.0 Å². The molecule has 2 aliphatic carbocycles. The molecule has 1 aromatic carbocycles. The number of fused-ring (bicyclic) bond motifs is 1.